The fourth-order valence-corrected chi connectivity index (χ4v) is 4.08. The lowest BCUT2D eigenvalue weighted by molar-refractivity contribution is 0.370. The lowest BCUT2D eigenvalue weighted by atomic mass is 9.90. The van der Waals surface area contributed by atoms with E-state index in [1.807, 2.05) is 0 Å². The minimum atomic E-state index is 0.891. The van der Waals surface area contributed by atoms with Gasteiger partial charge in [0.05, 0.1) is 0 Å². The van der Waals surface area contributed by atoms with Crippen molar-refractivity contribution in [2.75, 3.05) is 0 Å². The monoisotopic (exact) mass is 396 g/mol. The maximum atomic E-state index is 2.34. The van der Waals surface area contributed by atoms with Crippen LogP contribution in [0.4, 0.5) is 0 Å². The van der Waals surface area contributed by atoms with Crippen molar-refractivity contribution in [3.8, 4) is 0 Å². The van der Waals surface area contributed by atoms with E-state index >= 15 is 0 Å². The number of hydrogen-bond donors (Lipinski definition) is 0. The highest BCUT2D eigenvalue weighted by Gasteiger charge is 2.07. The van der Waals surface area contributed by atoms with Gasteiger partial charge in [-0.05, 0) is 11.8 Å². The standard InChI is InChI=1S/C16H34.C12H26/c1-5-7-8-9-13-16(11-6-2)14-10-12-15(3)4;1-3-5-7-9-11-12-10-8-6-4-2/h15-16H,5-14H2,1-4H3;3-12H2,1-2H3. The Balaban J connectivity index is 0. The molecule has 0 bridgehead atoms. The fraction of sp³-hybridized carbons (Fsp3) is 1.00. The molecule has 172 valence electrons. The van der Waals surface area contributed by atoms with Crippen LogP contribution in [0.15, 0.2) is 0 Å². The van der Waals surface area contributed by atoms with Crippen molar-refractivity contribution in [3.63, 3.8) is 0 Å². The summed E-state index contributed by atoms with van der Waals surface area (Å²) in [4.78, 5) is 0. The first-order valence-electron chi connectivity index (χ1n) is 13.6. The lowest BCUT2D eigenvalue weighted by Gasteiger charge is -2.16. The van der Waals surface area contributed by atoms with E-state index in [1.165, 1.54) is 128 Å². The van der Waals surface area contributed by atoms with Gasteiger partial charge in [-0.3, -0.25) is 0 Å². The highest BCUT2D eigenvalue weighted by atomic mass is 14.1. The van der Waals surface area contributed by atoms with E-state index in [0.717, 1.165) is 11.8 Å². The van der Waals surface area contributed by atoms with Gasteiger partial charge in [0.1, 0.15) is 0 Å². The third-order valence-electron chi connectivity index (χ3n) is 6.01. The third-order valence-corrected chi connectivity index (χ3v) is 6.01. The zero-order valence-corrected chi connectivity index (χ0v) is 21.3. The summed E-state index contributed by atoms with van der Waals surface area (Å²) in [6.07, 6.45) is 28.9. The topological polar surface area (TPSA) is 0 Å². The minimum Gasteiger partial charge on any atom is -0.0654 e. The smallest absolute Gasteiger partial charge is 0.0414 e. The second-order valence-electron chi connectivity index (χ2n) is 9.66. The highest BCUT2D eigenvalue weighted by Crippen LogP contribution is 2.23. The molecule has 0 N–H and O–H groups in total. The van der Waals surface area contributed by atoms with Crippen LogP contribution in [0.2, 0.25) is 0 Å². The SMILES string of the molecule is CCCCCCC(CCC)CCCC(C)C.CCCCCCCCCCCC. The maximum Gasteiger partial charge on any atom is -0.0414 e. The molecule has 0 heteroatoms. The van der Waals surface area contributed by atoms with Gasteiger partial charge >= 0.3 is 0 Å². The molecule has 1 unspecified atom stereocenters. The van der Waals surface area contributed by atoms with E-state index in [9.17, 15) is 0 Å². The molecule has 0 aliphatic carbocycles. The first-order chi connectivity index (χ1) is 13.6. The van der Waals surface area contributed by atoms with Crippen LogP contribution in [0.3, 0.4) is 0 Å². The van der Waals surface area contributed by atoms with Crippen molar-refractivity contribution in [1.29, 1.82) is 0 Å². The Labute approximate surface area is 182 Å². The first-order valence-corrected chi connectivity index (χ1v) is 13.6. The van der Waals surface area contributed by atoms with Gasteiger partial charge in [-0.15, -0.1) is 0 Å². The van der Waals surface area contributed by atoms with E-state index in [0.29, 0.717) is 0 Å². The van der Waals surface area contributed by atoms with Crippen LogP contribution >= 0.6 is 0 Å². The normalized spacial score (nSPS) is 12.1. The molecule has 0 nitrogen and oxygen atoms in total. The molecule has 0 spiro atoms. The van der Waals surface area contributed by atoms with Gasteiger partial charge < -0.3 is 0 Å². The van der Waals surface area contributed by atoms with Gasteiger partial charge in [-0.25, -0.2) is 0 Å². The van der Waals surface area contributed by atoms with Crippen molar-refractivity contribution in [2.24, 2.45) is 11.8 Å². The molecule has 0 saturated heterocycles. The molecule has 0 aliphatic rings. The molecule has 1 atom stereocenters. The second kappa shape index (κ2) is 27.0. The summed E-state index contributed by atoms with van der Waals surface area (Å²) in [5.74, 6) is 1.92. The lowest BCUT2D eigenvalue weighted by Crippen LogP contribution is -2.01. The molecular formula is C28H60. The average Bonchev–Trinajstić information content (AvgIpc) is 2.67. The fourth-order valence-electron chi connectivity index (χ4n) is 4.08. The van der Waals surface area contributed by atoms with Gasteiger partial charge in [-0.2, -0.15) is 0 Å². The van der Waals surface area contributed by atoms with Gasteiger partial charge in [0, 0.05) is 0 Å². The Morgan fingerprint density at radius 2 is 0.750 bits per heavy atom. The van der Waals surface area contributed by atoms with Gasteiger partial charge in [-0.1, -0.05) is 170 Å². The molecular weight excluding hydrogens is 336 g/mol. The average molecular weight is 397 g/mol. The quantitative estimate of drug-likeness (QED) is 0.179. The molecule has 0 saturated carbocycles. The molecule has 0 aromatic heterocycles. The van der Waals surface area contributed by atoms with Crippen molar-refractivity contribution in [1.82, 2.24) is 0 Å². The van der Waals surface area contributed by atoms with E-state index in [2.05, 4.69) is 41.5 Å². The van der Waals surface area contributed by atoms with Crippen LogP contribution in [0.5, 0.6) is 0 Å². The second-order valence-corrected chi connectivity index (χ2v) is 9.66. The van der Waals surface area contributed by atoms with E-state index in [1.54, 1.807) is 0 Å². The van der Waals surface area contributed by atoms with E-state index < -0.39 is 0 Å². The highest BCUT2D eigenvalue weighted by molar-refractivity contribution is 4.61. The summed E-state index contributed by atoms with van der Waals surface area (Å²) < 4.78 is 0. The number of unbranched alkanes of at least 4 members (excludes halogenated alkanes) is 12. The Morgan fingerprint density at radius 3 is 1.14 bits per heavy atom. The summed E-state index contributed by atoms with van der Waals surface area (Å²) in [6, 6.07) is 0. The van der Waals surface area contributed by atoms with Crippen molar-refractivity contribution in [2.45, 2.75) is 170 Å². The van der Waals surface area contributed by atoms with Crippen LogP contribution in [0.25, 0.3) is 0 Å². The van der Waals surface area contributed by atoms with Crippen LogP contribution in [0.1, 0.15) is 170 Å². The summed E-state index contributed by atoms with van der Waals surface area (Å²) in [7, 11) is 0. The Kier molecular flexibility index (Phi) is 29.1. The summed E-state index contributed by atoms with van der Waals surface area (Å²) >= 11 is 0. The molecule has 0 radical (unpaired) electrons. The molecule has 0 rings (SSSR count). The third kappa shape index (κ3) is 28.2. The molecule has 28 heavy (non-hydrogen) atoms. The van der Waals surface area contributed by atoms with Crippen molar-refractivity contribution >= 4 is 0 Å². The van der Waals surface area contributed by atoms with Crippen LogP contribution in [-0.2, 0) is 0 Å². The maximum absolute atomic E-state index is 2.34. The predicted octanol–water partition coefficient (Wildman–Crippen LogP) is 11.1. The Morgan fingerprint density at radius 1 is 0.357 bits per heavy atom. The largest absolute Gasteiger partial charge is 0.0654 e. The Hall–Kier alpha value is 0. The molecule has 0 aliphatic heterocycles. The van der Waals surface area contributed by atoms with Crippen molar-refractivity contribution in [3.05, 3.63) is 0 Å². The summed E-state index contributed by atoms with van der Waals surface area (Å²) in [5, 5.41) is 0. The van der Waals surface area contributed by atoms with Gasteiger partial charge in [0.2, 0.25) is 0 Å². The number of rotatable bonds is 20. The van der Waals surface area contributed by atoms with E-state index in [-0.39, 0.29) is 0 Å². The van der Waals surface area contributed by atoms with E-state index in [4.69, 9.17) is 0 Å². The van der Waals surface area contributed by atoms with Crippen LogP contribution in [0, 0.1) is 11.8 Å². The van der Waals surface area contributed by atoms with Gasteiger partial charge in [0.15, 0.2) is 0 Å². The first kappa shape index (κ1) is 30.2. The summed E-state index contributed by atoms with van der Waals surface area (Å²) in [5.41, 5.74) is 0. The Bertz CT molecular complexity index is 232. The predicted molar refractivity (Wildman–Crippen MR) is 133 cm³/mol. The molecule has 0 aromatic rings. The zero-order valence-electron chi connectivity index (χ0n) is 21.3. The van der Waals surface area contributed by atoms with Gasteiger partial charge in [0.25, 0.3) is 0 Å². The minimum absolute atomic E-state index is 0.891. The molecule has 0 aromatic carbocycles. The van der Waals surface area contributed by atoms with Crippen LogP contribution in [-0.4, -0.2) is 0 Å². The van der Waals surface area contributed by atoms with Crippen molar-refractivity contribution < 1.29 is 0 Å². The molecule has 0 fully saturated rings. The zero-order chi connectivity index (χ0) is 21.3. The van der Waals surface area contributed by atoms with Crippen LogP contribution < -0.4 is 0 Å². The molecule has 0 amide bonds. The molecule has 0 heterocycles. The summed E-state index contributed by atoms with van der Waals surface area (Å²) in [6.45, 7) is 13.9. The number of hydrogen-bond acceptors (Lipinski definition) is 0.